The van der Waals surface area contributed by atoms with E-state index in [9.17, 15) is 18.0 Å². The molecule has 7 nitrogen and oxygen atoms in total. The van der Waals surface area contributed by atoms with Crippen LogP contribution in [0.25, 0.3) is 0 Å². The summed E-state index contributed by atoms with van der Waals surface area (Å²) < 4.78 is 28.6. The van der Waals surface area contributed by atoms with Gasteiger partial charge in [0.15, 0.2) is 0 Å². The van der Waals surface area contributed by atoms with Crippen LogP contribution in [0.1, 0.15) is 37.8 Å². The highest BCUT2D eigenvalue weighted by Crippen LogP contribution is 2.27. The zero-order valence-corrected chi connectivity index (χ0v) is 24.6. The number of anilines is 1. The highest BCUT2D eigenvalue weighted by molar-refractivity contribution is 7.92. The van der Waals surface area contributed by atoms with Crippen LogP contribution in [-0.4, -0.2) is 44.3 Å². The summed E-state index contributed by atoms with van der Waals surface area (Å²) in [6, 6.07) is 18.8. The van der Waals surface area contributed by atoms with Gasteiger partial charge in [-0.3, -0.25) is 13.9 Å². The lowest BCUT2D eigenvalue weighted by molar-refractivity contribution is -0.139. The Morgan fingerprint density at radius 2 is 1.62 bits per heavy atom. The van der Waals surface area contributed by atoms with Crippen LogP contribution in [0.4, 0.5) is 5.69 Å². The van der Waals surface area contributed by atoms with Crippen molar-refractivity contribution in [2.75, 3.05) is 17.4 Å². The Bertz CT molecular complexity index is 1380. The normalized spacial score (nSPS) is 12.0. The van der Waals surface area contributed by atoms with Crippen molar-refractivity contribution in [2.24, 2.45) is 0 Å². The summed E-state index contributed by atoms with van der Waals surface area (Å²) in [5, 5.41) is 3.57. The molecule has 3 aromatic rings. The first-order chi connectivity index (χ1) is 18.5. The molecule has 1 unspecified atom stereocenters. The van der Waals surface area contributed by atoms with Gasteiger partial charge in [-0.25, -0.2) is 8.42 Å². The average Bonchev–Trinajstić information content (AvgIpc) is 2.91. The Labute approximate surface area is 240 Å². The van der Waals surface area contributed by atoms with E-state index >= 15 is 0 Å². The smallest absolute Gasteiger partial charge is 0.264 e. The maximum Gasteiger partial charge on any atom is 0.264 e. The van der Waals surface area contributed by atoms with Crippen molar-refractivity contribution in [2.45, 2.75) is 51.1 Å². The maximum absolute atomic E-state index is 13.9. The Morgan fingerprint density at radius 3 is 2.23 bits per heavy atom. The minimum atomic E-state index is -4.19. The van der Waals surface area contributed by atoms with E-state index in [1.165, 1.54) is 35.2 Å². The molecule has 3 rings (SSSR count). The molecule has 1 N–H and O–H groups in total. The van der Waals surface area contributed by atoms with Crippen molar-refractivity contribution in [1.29, 1.82) is 0 Å². The SMILES string of the molecule is CCCCNC(=O)C(C)N(Cc1ccc(C)cc1)C(=O)CN(c1cccc(Cl)c1)S(=O)(=O)c1ccc(Cl)cc1. The van der Waals surface area contributed by atoms with E-state index in [2.05, 4.69) is 5.32 Å². The lowest BCUT2D eigenvalue weighted by Crippen LogP contribution is -2.51. The number of halogens is 2. The summed E-state index contributed by atoms with van der Waals surface area (Å²) in [5.41, 5.74) is 2.10. The standard InChI is InChI=1S/C29H33Cl2N3O4S/c1-4-5-17-32-29(36)22(3)33(19-23-11-9-21(2)10-12-23)28(35)20-34(26-8-6-7-25(31)18-26)39(37,38)27-15-13-24(30)14-16-27/h6-16,18,22H,4-5,17,19-20H2,1-3H3,(H,32,36). The second kappa shape index (κ2) is 13.8. The van der Waals surface area contributed by atoms with E-state index < -0.39 is 28.5 Å². The molecular formula is C29H33Cl2N3O4S. The Kier molecular flexibility index (Phi) is 10.8. The fourth-order valence-corrected chi connectivity index (χ4v) is 5.62. The molecule has 0 radical (unpaired) electrons. The second-order valence-corrected chi connectivity index (χ2v) is 12.0. The van der Waals surface area contributed by atoms with E-state index in [0.29, 0.717) is 16.6 Å². The van der Waals surface area contributed by atoms with Crippen LogP contribution in [0.3, 0.4) is 0 Å². The van der Waals surface area contributed by atoms with Crippen molar-refractivity contribution in [3.63, 3.8) is 0 Å². The third-order valence-corrected chi connectivity index (χ3v) is 8.52. The van der Waals surface area contributed by atoms with Crippen LogP contribution >= 0.6 is 23.2 Å². The zero-order chi connectivity index (χ0) is 28.6. The number of hydrogen-bond acceptors (Lipinski definition) is 4. The maximum atomic E-state index is 13.9. The third kappa shape index (κ3) is 8.21. The number of benzene rings is 3. The lowest BCUT2D eigenvalue weighted by atomic mass is 10.1. The number of rotatable bonds is 12. The van der Waals surface area contributed by atoms with Gasteiger partial charge < -0.3 is 10.2 Å². The summed E-state index contributed by atoms with van der Waals surface area (Å²) in [6.07, 6.45) is 1.73. The van der Waals surface area contributed by atoms with Gasteiger partial charge in [-0.2, -0.15) is 0 Å². The first-order valence-electron chi connectivity index (χ1n) is 12.7. The lowest BCUT2D eigenvalue weighted by Gasteiger charge is -2.32. The highest BCUT2D eigenvalue weighted by Gasteiger charge is 2.32. The van der Waals surface area contributed by atoms with Crippen LogP contribution in [-0.2, 0) is 26.2 Å². The van der Waals surface area contributed by atoms with E-state index in [-0.39, 0.29) is 23.0 Å². The molecule has 0 aliphatic rings. The number of hydrogen-bond donors (Lipinski definition) is 1. The largest absolute Gasteiger partial charge is 0.354 e. The zero-order valence-electron chi connectivity index (χ0n) is 22.2. The van der Waals surface area contributed by atoms with Crippen LogP contribution in [0, 0.1) is 6.92 Å². The van der Waals surface area contributed by atoms with Gasteiger partial charge in [-0.15, -0.1) is 0 Å². The Balaban J connectivity index is 1.99. The molecule has 0 aromatic heterocycles. The predicted octanol–water partition coefficient (Wildman–Crippen LogP) is 5.83. The summed E-state index contributed by atoms with van der Waals surface area (Å²) in [5.74, 6) is -0.843. The van der Waals surface area contributed by atoms with E-state index in [1.807, 2.05) is 38.1 Å². The fraction of sp³-hybridized carbons (Fsp3) is 0.310. The third-order valence-electron chi connectivity index (χ3n) is 6.25. The molecule has 208 valence electrons. The molecule has 0 spiro atoms. The molecule has 3 aromatic carbocycles. The number of unbranched alkanes of at least 4 members (excludes halogenated alkanes) is 1. The van der Waals surface area contributed by atoms with Crippen LogP contribution in [0.5, 0.6) is 0 Å². The molecule has 2 amide bonds. The summed E-state index contributed by atoms with van der Waals surface area (Å²) >= 11 is 12.2. The Hall–Kier alpha value is -3.07. The van der Waals surface area contributed by atoms with Crippen LogP contribution in [0.15, 0.2) is 77.7 Å². The molecular weight excluding hydrogens is 557 g/mol. The number of nitrogens with one attached hydrogen (secondary N) is 1. The molecule has 0 aliphatic carbocycles. The van der Waals surface area contributed by atoms with Crippen LogP contribution < -0.4 is 9.62 Å². The average molecular weight is 591 g/mol. The monoisotopic (exact) mass is 589 g/mol. The van der Waals surface area contributed by atoms with Crippen LogP contribution in [0.2, 0.25) is 10.0 Å². The molecule has 0 bridgehead atoms. The number of amides is 2. The molecule has 39 heavy (non-hydrogen) atoms. The predicted molar refractivity (Wildman–Crippen MR) is 157 cm³/mol. The fourth-order valence-electron chi connectivity index (χ4n) is 3.90. The van der Waals surface area contributed by atoms with Gasteiger partial charge in [0.25, 0.3) is 10.0 Å². The van der Waals surface area contributed by atoms with Crippen molar-refractivity contribution < 1.29 is 18.0 Å². The number of carbonyl (C=O) groups excluding carboxylic acids is 2. The Morgan fingerprint density at radius 1 is 0.949 bits per heavy atom. The van der Waals surface area contributed by atoms with Crippen molar-refractivity contribution >= 4 is 50.7 Å². The van der Waals surface area contributed by atoms with Crippen molar-refractivity contribution in [3.05, 3.63) is 94.0 Å². The first kappa shape index (κ1) is 30.5. The molecule has 0 fully saturated rings. The number of nitrogens with zero attached hydrogens (tertiary/aromatic N) is 2. The molecule has 0 heterocycles. The summed E-state index contributed by atoms with van der Waals surface area (Å²) in [6.45, 7) is 5.71. The number of aryl methyl sites for hydroxylation is 1. The molecule has 0 saturated heterocycles. The molecule has 0 aliphatic heterocycles. The quantitative estimate of drug-likeness (QED) is 0.269. The van der Waals surface area contributed by atoms with E-state index in [1.54, 1.807) is 25.1 Å². The highest BCUT2D eigenvalue weighted by atomic mass is 35.5. The molecule has 10 heteroatoms. The van der Waals surface area contributed by atoms with Gasteiger partial charge >= 0.3 is 0 Å². The van der Waals surface area contributed by atoms with Gasteiger partial charge in [0.2, 0.25) is 11.8 Å². The van der Waals surface area contributed by atoms with Gasteiger partial charge in [0, 0.05) is 23.1 Å². The van der Waals surface area contributed by atoms with Gasteiger partial charge in [0.05, 0.1) is 10.6 Å². The van der Waals surface area contributed by atoms with E-state index in [0.717, 1.165) is 28.3 Å². The summed E-state index contributed by atoms with van der Waals surface area (Å²) in [7, 11) is -4.19. The van der Waals surface area contributed by atoms with Crippen molar-refractivity contribution in [1.82, 2.24) is 10.2 Å². The van der Waals surface area contributed by atoms with E-state index in [4.69, 9.17) is 23.2 Å². The summed E-state index contributed by atoms with van der Waals surface area (Å²) in [4.78, 5) is 28.2. The molecule has 1 atom stereocenters. The molecule has 0 saturated carbocycles. The topological polar surface area (TPSA) is 86.8 Å². The first-order valence-corrected chi connectivity index (χ1v) is 14.9. The number of carbonyl (C=O) groups is 2. The minimum Gasteiger partial charge on any atom is -0.354 e. The van der Waals surface area contributed by atoms with Gasteiger partial charge in [0.1, 0.15) is 12.6 Å². The second-order valence-electron chi connectivity index (χ2n) is 9.27. The van der Waals surface area contributed by atoms with Gasteiger partial charge in [-0.05, 0) is 68.3 Å². The van der Waals surface area contributed by atoms with Crippen molar-refractivity contribution in [3.8, 4) is 0 Å². The number of sulfonamides is 1. The minimum absolute atomic E-state index is 0.0323. The van der Waals surface area contributed by atoms with Gasteiger partial charge in [-0.1, -0.05) is 72.4 Å².